The van der Waals surface area contributed by atoms with Gasteiger partial charge < -0.3 is 15.5 Å². The van der Waals surface area contributed by atoms with Gasteiger partial charge in [-0.15, -0.1) is 0 Å². The minimum absolute atomic E-state index is 0.0569. The SMILES string of the molecule is O=C(NCC(O)CO)c1ccc(I)cc1. The van der Waals surface area contributed by atoms with Gasteiger partial charge >= 0.3 is 0 Å². The standard InChI is InChI=1S/C10H12INO3/c11-8-3-1-7(2-4-8)10(15)12-5-9(14)6-13/h1-4,9,13-14H,5-6H2,(H,12,15). The summed E-state index contributed by atoms with van der Waals surface area (Å²) in [6, 6.07) is 7.08. The summed E-state index contributed by atoms with van der Waals surface area (Å²) in [4.78, 5) is 11.5. The van der Waals surface area contributed by atoms with Gasteiger partial charge in [0.15, 0.2) is 0 Å². The smallest absolute Gasteiger partial charge is 0.251 e. The number of carbonyl (C=O) groups excluding carboxylic acids is 1. The molecule has 0 heterocycles. The van der Waals surface area contributed by atoms with Crippen molar-refractivity contribution in [3.63, 3.8) is 0 Å². The highest BCUT2D eigenvalue weighted by Crippen LogP contribution is 2.06. The quantitative estimate of drug-likeness (QED) is 0.702. The van der Waals surface area contributed by atoms with Gasteiger partial charge in [0.05, 0.1) is 12.7 Å². The molecule has 0 bridgehead atoms. The summed E-state index contributed by atoms with van der Waals surface area (Å²) in [6.07, 6.45) is -0.905. The van der Waals surface area contributed by atoms with E-state index in [1.54, 1.807) is 12.1 Å². The molecule has 1 amide bonds. The lowest BCUT2D eigenvalue weighted by Gasteiger charge is -2.08. The normalized spacial score (nSPS) is 12.2. The van der Waals surface area contributed by atoms with Crippen molar-refractivity contribution in [2.24, 2.45) is 0 Å². The predicted molar refractivity (Wildman–Crippen MR) is 64.6 cm³/mol. The third-order valence-electron chi connectivity index (χ3n) is 1.82. The van der Waals surface area contributed by atoms with Crippen LogP contribution in [-0.2, 0) is 0 Å². The lowest BCUT2D eigenvalue weighted by atomic mass is 10.2. The zero-order valence-electron chi connectivity index (χ0n) is 7.98. The van der Waals surface area contributed by atoms with Crippen molar-refractivity contribution in [1.29, 1.82) is 0 Å². The molecule has 3 N–H and O–H groups in total. The van der Waals surface area contributed by atoms with Crippen molar-refractivity contribution in [3.8, 4) is 0 Å². The van der Waals surface area contributed by atoms with Gasteiger partial charge in [0, 0.05) is 15.7 Å². The molecular formula is C10H12INO3. The van der Waals surface area contributed by atoms with Gasteiger partial charge in [0.2, 0.25) is 0 Å². The van der Waals surface area contributed by atoms with E-state index in [2.05, 4.69) is 27.9 Å². The first-order valence-electron chi connectivity index (χ1n) is 4.46. The third-order valence-corrected chi connectivity index (χ3v) is 2.53. The summed E-state index contributed by atoms with van der Waals surface area (Å²) in [7, 11) is 0. The fourth-order valence-corrected chi connectivity index (χ4v) is 1.34. The summed E-state index contributed by atoms with van der Waals surface area (Å²) >= 11 is 2.15. The number of halogens is 1. The zero-order chi connectivity index (χ0) is 11.3. The van der Waals surface area contributed by atoms with Gasteiger partial charge in [-0.05, 0) is 46.9 Å². The highest BCUT2D eigenvalue weighted by Gasteiger charge is 2.07. The number of aliphatic hydroxyl groups is 2. The Kier molecular flexibility index (Phi) is 5.00. The van der Waals surface area contributed by atoms with E-state index < -0.39 is 6.10 Å². The van der Waals surface area contributed by atoms with Crippen molar-refractivity contribution in [3.05, 3.63) is 33.4 Å². The van der Waals surface area contributed by atoms with Crippen LogP contribution in [0.15, 0.2) is 24.3 Å². The summed E-state index contributed by atoms with van der Waals surface area (Å²) in [5, 5.41) is 20.1. The van der Waals surface area contributed by atoms with Crippen LogP contribution in [0.4, 0.5) is 0 Å². The third kappa shape index (κ3) is 4.15. The van der Waals surface area contributed by atoms with Gasteiger partial charge in [0.1, 0.15) is 0 Å². The van der Waals surface area contributed by atoms with Crippen LogP contribution in [0.1, 0.15) is 10.4 Å². The van der Waals surface area contributed by atoms with E-state index in [1.807, 2.05) is 12.1 Å². The molecule has 0 saturated carbocycles. The minimum atomic E-state index is -0.905. The number of nitrogens with one attached hydrogen (secondary N) is 1. The summed E-state index contributed by atoms with van der Waals surface area (Å²) < 4.78 is 1.06. The lowest BCUT2D eigenvalue weighted by molar-refractivity contribution is 0.0802. The van der Waals surface area contributed by atoms with Crippen molar-refractivity contribution < 1.29 is 15.0 Å². The zero-order valence-corrected chi connectivity index (χ0v) is 10.1. The fraction of sp³-hybridized carbons (Fsp3) is 0.300. The number of aliphatic hydroxyl groups excluding tert-OH is 2. The number of rotatable bonds is 4. The van der Waals surface area contributed by atoms with Crippen LogP contribution in [0, 0.1) is 3.57 Å². The molecule has 1 aromatic carbocycles. The molecule has 82 valence electrons. The van der Waals surface area contributed by atoms with Crippen molar-refractivity contribution in [1.82, 2.24) is 5.32 Å². The molecule has 1 unspecified atom stereocenters. The number of amides is 1. The fourth-order valence-electron chi connectivity index (χ4n) is 0.978. The average molecular weight is 321 g/mol. The van der Waals surface area contributed by atoms with Crippen LogP contribution in [0.5, 0.6) is 0 Å². The van der Waals surface area contributed by atoms with E-state index >= 15 is 0 Å². The monoisotopic (exact) mass is 321 g/mol. The Bertz CT molecular complexity index is 326. The molecule has 0 fully saturated rings. The van der Waals surface area contributed by atoms with Crippen LogP contribution in [0.2, 0.25) is 0 Å². The van der Waals surface area contributed by atoms with E-state index in [0.717, 1.165) is 3.57 Å². The lowest BCUT2D eigenvalue weighted by Crippen LogP contribution is -2.33. The second kappa shape index (κ2) is 6.04. The molecule has 5 heteroatoms. The Morgan fingerprint density at radius 3 is 2.53 bits per heavy atom. The topological polar surface area (TPSA) is 69.6 Å². The van der Waals surface area contributed by atoms with Crippen LogP contribution in [0.3, 0.4) is 0 Å². The van der Waals surface area contributed by atoms with Crippen LogP contribution >= 0.6 is 22.6 Å². The van der Waals surface area contributed by atoms with Crippen LogP contribution < -0.4 is 5.32 Å². The Labute approximate surface area is 101 Å². The molecule has 15 heavy (non-hydrogen) atoms. The van der Waals surface area contributed by atoms with E-state index in [4.69, 9.17) is 10.2 Å². The highest BCUT2D eigenvalue weighted by atomic mass is 127. The van der Waals surface area contributed by atoms with Gasteiger partial charge in [-0.1, -0.05) is 0 Å². The Morgan fingerprint density at radius 2 is 2.00 bits per heavy atom. The molecule has 0 aliphatic heterocycles. The summed E-state index contributed by atoms with van der Waals surface area (Å²) in [5.74, 6) is -0.251. The van der Waals surface area contributed by atoms with Gasteiger partial charge in [0.25, 0.3) is 5.91 Å². The molecule has 1 aromatic rings. The van der Waals surface area contributed by atoms with Crippen molar-refractivity contribution >= 4 is 28.5 Å². The maximum absolute atomic E-state index is 11.5. The van der Waals surface area contributed by atoms with Crippen LogP contribution in [0.25, 0.3) is 0 Å². The predicted octanol–water partition coefficient (Wildman–Crippen LogP) is 0.374. The maximum atomic E-state index is 11.5. The molecule has 0 aromatic heterocycles. The van der Waals surface area contributed by atoms with E-state index in [0.29, 0.717) is 5.56 Å². The Hall–Kier alpha value is -0.660. The number of carbonyl (C=O) groups is 1. The Balaban J connectivity index is 2.50. The second-order valence-electron chi connectivity index (χ2n) is 3.05. The molecule has 0 saturated heterocycles. The maximum Gasteiger partial charge on any atom is 0.251 e. The number of hydrogen-bond donors (Lipinski definition) is 3. The summed E-state index contributed by atoms with van der Waals surface area (Å²) in [5.41, 5.74) is 0.542. The molecule has 0 radical (unpaired) electrons. The van der Waals surface area contributed by atoms with E-state index in [-0.39, 0.29) is 19.1 Å². The first-order chi connectivity index (χ1) is 7.13. The molecular weight excluding hydrogens is 309 g/mol. The van der Waals surface area contributed by atoms with Gasteiger partial charge in [-0.3, -0.25) is 4.79 Å². The molecule has 1 atom stereocenters. The highest BCUT2D eigenvalue weighted by molar-refractivity contribution is 14.1. The number of benzene rings is 1. The molecule has 1 rings (SSSR count). The molecule has 0 spiro atoms. The van der Waals surface area contributed by atoms with E-state index in [9.17, 15) is 4.79 Å². The minimum Gasteiger partial charge on any atom is -0.394 e. The molecule has 4 nitrogen and oxygen atoms in total. The largest absolute Gasteiger partial charge is 0.394 e. The Morgan fingerprint density at radius 1 is 1.40 bits per heavy atom. The van der Waals surface area contributed by atoms with Gasteiger partial charge in [-0.25, -0.2) is 0 Å². The first kappa shape index (κ1) is 12.4. The molecule has 0 aliphatic rings. The van der Waals surface area contributed by atoms with Crippen molar-refractivity contribution in [2.45, 2.75) is 6.10 Å². The van der Waals surface area contributed by atoms with Crippen molar-refractivity contribution in [2.75, 3.05) is 13.2 Å². The van der Waals surface area contributed by atoms with Crippen LogP contribution in [-0.4, -0.2) is 35.4 Å². The summed E-state index contributed by atoms with van der Waals surface area (Å²) in [6.45, 7) is -0.297. The second-order valence-corrected chi connectivity index (χ2v) is 4.30. The molecule has 0 aliphatic carbocycles. The first-order valence-corrected chi connectivity index (χ1v) is 5.54. The number of hydrogen-bond acceptors (Lipinski definition) is 3. The average Bonchev–Trinajstić information content (AvgIpc) is 2.26. The van der Waals surface area contributed by atoms with Gasteiger partial charge in [-0.2, -0.15) is 0 Å². The van der Waals surface area contributed by atoms with E-state index in [1.165, 1.54) is 0 Å².